The van der Waals surface area contributed by atoms with Gasteiger partial charge in [0.25, 0.3) is 11.4 Å². The predicted molar refractivity (Wildman–Crippen MR) is 79.8 cm³/mol. The zero-order chi connectivity index (χ0) is 16.2. The van der Waals surface area contributed by atoms with Crippen molar-refractivity contribution in [3.05, 3.63) is 59.7 Å². The molecule has 4 rings (SSSR count). The minimum Gasteiger partial charge on any atom is -0.477 e. The number of hydrogen-bond donors (Lipinski definition) is 4. The van der Waals surface area contributed by atoms with E-state index in [1.54, 1.807) is 48.5 Å². The lowest BCUT2D eigenvalue weighted by molar-refractivity contribution is -0.205. The first-order chi connectivity index (χ1) is 11.0. The van der Waals surface area contributed by atoms with Gasteiger partial charge >= 0.3 is 11.9 Å². The maximum absolute atomic E-state index is 12.0. The van der Waals surface area contributed by atoms with Crippen LogP contribution in [0.15, 0.2) is 48.5 Å². The molecule has 2 heterocycles. The van der Waals surface area contributed by atoms with Gasteiger partial charge in [0.15, 0.2) is 0 Å². The Morgan fingerprint density at radius 2 is 1.17 bits per heavy atom. The number of carboxylic acids is 2. The van der Waals surface area contributed by atoms with Crippen molar-refractivity contribution in [2.75, 3.05) is 10.6 Å². The molecule has 116 valence electrons. The van der Waals surface area contributed by atoms with Crippen LogP contribution in [0.1, 0.15) is 11.1 Å². The van der Waals surface area contributed by atoms with Crippen LogP contribution in [0.25, 0.3) is 0 Å². The standard InChI is InChI=1S/C16H12N2O5/c19-13(20)15-9-5-1-3-7-11(9)17-16(23-15,14(21)22)10-6-2-4-8-12(10)18-15/h1-8,17-18H,(H,19,20)(H,21,22)/t15-,16-/m0/s1. The maximum Gasteiger partial charge on any atom is 0.362 e. The van der Waals surface area contributed by atoms with E-state index in [0.717, 1.165) is 0 Å². The van der Waals surface area contributed by atoms with Gasteiger partial charge in [-0.1, -0.05) is 36.4 Å². The summed E-state index contributed by atoms with van der Waals surface area (Å²) < 4.78 is 5.65. The molecular formula is C16H12N2O5. The second-order valence-corrected chi connectivity index (χ2v) is 5.42. The maximum atomic E-state index is 12.0. The van der Waals surface area contributed by atoms with Crippen molar-refractivity contribution >= 4 is 23.3 Å². The quantitative estimate of drug-likeness (QED) is 0.669. The highest BCUT2D eigenvalue weighted by molar-refractivity contribution is 5.94. The van der Waals surface area contributed by atoms with Gasteiger partial charge in [0, 0.05) is 22.5 Å². The SMILES string of the molecule is O=C(O)[C@]12Nc3ccccc3[C@](C(=O)O)(Nc3ccccc31)O2. The van der Waals surface area contributed by atoms with Crippen LogP contribution in [0.5, 0.6) is 0 Å². The summed E-state index contributed by atoms with van der Waals surface area (Å²) in [6.45, 7) is 0. The van der Waals surface area contributed by atoms with Crippen molar-refractivity contribution in [3.63, 3.8) is 0 Å². The Morgan fingerprint density at radius 1 is 0.783 bits per heavy atom. The predicted octanol–water partition coefficient (Wildman–Crippen LogP) is 1.73. The largest absolute Gasteiger partial charge is 0.477 e. The van der Waals surface area contributed by atoms with Crippen LogP contribution in [0, 0.1) is 0 Å². The van der Waals surface area contributed by atoms with Crippen molar-refractivity contribution < 1.29 is 24.5 Å². The van der Waals surface area contributed by atoms with Crippen LogP contribution >= 0.6 is 0 Å². The molecule has 2 aromatic rings. The molecule has 23 heavy (non-hydrogen) atoms. The molecule has 0 unspecified atom stereocenters. The zero-order valence-electron chi connectivity index (χ0n) is 11.7. The number of aliphatic carboxylic acids is 2. The highest BCUT2D eigenvalue weighted by Crippen LogP contribution is 2.51. The van der Waals surface area contributed by atoms with Gasteiger partial charge in [-0.3, -0.25) is 0 Å². The fourth-order valence-electron chi connectivity index (χ4n) is 3.13. The Bertz CT molecular complexity index is 782. The second-order valence-electron chi connectivity index (χ2n) is 5.42. The third-order valence-electron chi connectivity index (χ3n) is 4.14. The van der Waals surface area contributed by atoms with Gasteiger partial charge < -0.3 is 25.6 Å². The Balaban J connectivity index is 2.08. The highest BCUT2D eigenvalue weighted by atomic mass is 16.6. The molecule has 0 spiro atoms. The lowest BCUT2D eigenvalue weighted by Crippen LogP contribution is -2.63. The van der Waals surface area contributed by atoms with Crippen LogP contribution in [-0.2, 0) is 25.8 Å². The summed E-state index contributed by atoms with van der Waals surface area (Å²) in [5, 5.41) is 25.3. The lowest BCUT2D eigenvalue weighted by Gasteiger charge is -2.50. The number of para-hydroxylation sites is 2. The first kappa shape index (κ1) is 13.6. The summed E-state index contributed by atoms with van der Waals surface area (Å²) >= 11 is 0. The summed E-state index contributed by atoms with van der Waals surface area (Å²) in [4.78, 5) is 24.0. The molecular weight excluding hydrogens is 300 g/mol. The van der Waals surface area contributed by atoms with Crippen molar-refractivity contribution in [2.24, 2.45) is 0 Å². The molecule has 4 N–H and O–H groups in total. The van der Waals surface area contributed by atoms with Gasteiger partial charge in [-0.25, -0.2) is 9.59 Å². The lowest BCUT2D eigenvalue weighted by atomic mass is 9.88. The molecule has 2 aromatic carbocycles. The van der Waals surface area contributed by atoms with Gasteiger partial charge in [-0.2, -0.15) is 0 Å². The molecule has 7 nitrogen and oxygen atoms in total. The van der Waals surface area contributed by atoms with Crippen LogP contribution < -0.4 is 10.6 Å². The Hall–Kier alpha value is -3.06. The number of anilines is 2. The van der Waals surface area contributed by atoms with Gasteiger partial charge in [0.05, 0.1) is 0 Å². The smallest absolute Gasteiger partial charge is 0.362 e. The van der Waals surface area contributed by atoms with E-state index in [0.29, 0.717) is 22.5 Å². The molecule has 0 aliphatic carbocycles. The van der Waals surface area contributed by atoms with E-state index in [1.807, 2.05) is 0 Å². The molecule has 2 atom stereocenters. The van der Waals surface area contributed by atoms with Crippen molar-refractivity contribution in [1.29, 1.82) is 0 Å². The van der Waals surface area contributed by atoms with Crippen molar-refractivity contribution in [3.8, 4) is 0 Å². The summed E-state index contributed by atoms with van der Waals surface area (Å²) in [7, 11) is 0. The molecule has 0 aromatic heterocycles. The average molecular weight is 312 g/mol. The van der Waals surface area contributed by atoms with E-state index >= 15 is 0 Å². The topological polar surface area (TPSA) is 108 Å². The summed E-state index contributed by atoms with van der Waals surface area (Å²) in [6, 6.07) is 13.2. The third kappa shape index (κ3) is 1.56. The number of ether oxygens (including phenoxy) is 1. The number of benzene rings is 2. The van der Waals surface area contributed by atoms with Gasteiger partial charge in [-0.15, -0.1) is 0 Å². The van der Waals surface area contributed by atoms with Crippen molar-refractivity contribution in [1.82, 2.24) is 0 Å². The first-order valence-corrected chi connectivity index (χ1v) is 6.92. The molecule has 0 fully saturated rings. The molecule has 0 saturated heterocycles. The number of nitrogens with one attached hydrogen (secondary N) is 2. The van der Waals surface area contributed by atoms with E-state index in [2.05, 4.69) is 10.6 Å². The van der Waals surface area contributed by atoms with E-state index in [4.69, 9.17) is 4.74 Å². The van der Waals surface area contributed by atoms with Crippen LogP contribution in [0.2, 0.25) is 0 Å². The molecule has 0 radical (unpaired) electrons. The minimum absolute atomic E-state index is 0.318. The van der Waals surface area contributed by atoms with Crippen molar-refractivity contribution in [2.45, 2.75) is 11.4 Å². The van der Waals surface area contributed by atoms with Crippen LogP contribution in [0.3, 0.4) is 0 Å². The third-order valence-corrected chi connectivity index (χ3v) is 4.14. The zero-order valence-corrected chi connectivity index (χ0v) is 11.7. The van der Waals surface area contributed by atoms with E-state index < -0.39 is 23.4 Å². The second kappa shape index (κ2) is 4.23. The van der Waals surface area contributed by atoms with Crippen LogP contribution in [0.4, 0.5) is 11.4 Å². The Morgan fingerprint density at radius 3 is 1.57 bits per heavy atom. The molecule has 2 aliphatic heterocycles. The number of hydrogen-bond acceptors (Lipinski definition) is 5. The fourth-order valence-corrected chi connectivity index (χ4v) is 3.13. The minimum atomic E-state index is -1.98. The van der Waals surface area contributed by atoms with E-state index in [-0.39, 0.29) is 0 Å². The number of carbonyl (C=O) groups is 2. The highest BCUT2D eigenvalue weighted by Gasteiger charge is 2.62. The number of carboxylic acid groups (broad SMARTS) is 2. The van der Waals surface area contributed by atoms with E-state index in [9.17, 15) is 19.8 Å². The average Bonchev–Trinajstić information content (AvgIpc) is 2.54. The summed E-state index contributed by atoms with van der Waals surface area (Å²) in [5.74, 6) is -2.63. The molecule has 0 saturated carbocycles. The van der Waals surface area contributed by atoms with Gasteiger partial charge in [-0.05, 0) is 12.1 Å². The summed E-state index contributed by atoms with van der Waals surface area (Å²) in [5.41, 5.74) is -2.53. The monoisotopic (exact) mass is 312 g/mol. The molecule has 7 heteroatoms. The van der Waals surface area contributed by atoms with Gasteiger partial charge in [0.2, 0.25) is 0 Å². The number of rotatable bonds is 2. The van der Waals surface area contributed by atoms with Crippen LogP contribution in [-0.4, -0.2) is 22.2 Å². The van der Waals surface area contributed by atoms with Gasteiger partial charge in [0.1, 0.15) is 0 Å². The fraction of sp³-hybridized carbons (Fsp3) is 0.125. The molecule has 2 bridgehead atoms. The first-order valence-electron chi connectivity index (χ1n) is 6.92. The Kier molecular flexibility index (Phi) is 2.50. The molecule has 2 aliphatic rings. The molecule has 0 amide bonds. The Labute approximate surface area is 130 Å². The summed E-state index contributed by atoms with van der Waals surface area (Å²) in [6.07, 6.45) is 0. The number of fused-ring (bicyclic) bond motifs is 6. The normalized spacial score (nSPS) is 27.0. The van der Waals surface area contributed by atoms with E-state index in [1.165, 1.54) is 0 Å².